The molecule has 3 aromatic carbocycles. The fraction of sp³-hybridized carbons (Fsp3) is 0.294. The molecule has 0 saturated carbocycles. The Kier molecular flexibility index (Phi) is 10.2. The Hall–Kier alpha value is -4.25. The molecule has 3 N–H and O–H groups in total. The molecule has 234 valence electrons. The summed E-state index contributed by atoms with van der Waals surface area (Å²) in [6.45, 7) is 5.07. The van der Waals surface area contributed by atoms with Crippen molar-refractivity contribution in [3.63, 3.8) is 0 Å². The molecule has 1 aliphatic rings. The molecule has 0 amide bonds. The van der Waals surface area contributed by atoms with Crippen LogP contribution in [0.4, 0.5) is 11.6 Å². The maximum Gasteiger partial charge on any atom is 0.229 e. The average Bonchev–Trinajstić information content (AvgIpc) is 3.05. The number of aliphatic imine (C=N–C) groups is 1. The average molecular weight is 645 g/mol. The van der Waals surface area contributed by atoms with E-state index >= 15 is 0 Å². The van der Waals surface area contributed by atoms with Crippen LogP contribution in [0.25, 0.3) is 0 Å². The number of guanidine groups is 1. The second-order valence-electron chi connectivity index (χ2n) is 10.9. The summed E-state index contributed by atoms with van der Waals surface area (Å²) in [5.41, 5.74) is 2.84. The van der Waals surface area contributed by atoms with Crippen molar-refractivity contribution in [2.75, 3.05) is 37.9 Å². The topological polar surface area (TPSA) is 104 Å². The van der Waals surface area contributed by atoms with Crippen LogP contribution in [0.15, 0.2) is 83.9 Å². The zero-order valence-electron chi connectivity index (χ0n) is 25.8. The van der Waals surface area contributed by atoms with Crippen molar-refractivity contribution >= 4 is 46.5 Å². The number of hydrogen-bond donors (Lipinski definition) is 3. The summed E-state index contributed by atoms with van der Waals surface area (Å²) in [7, 11) is 3.09. The molecule has 1 saturated heterocycles. The Morgan fingerprint density at radius 3 is 1.98 bits per heavy atom. The number of piperidine rings is 1. The van der Waals surface area contributed by atoms with Crippen LogP contribution >= 0.6 is 23.8 Å². The van der Waals surface area contributed by atoms with Crippen molar-refractivity contribution in [3.05, 3.63) is 106 Å². The monoisotopic (exact) mass is 644 g/mol. The van der Waals surface area contributed by atoms with Crippen LogP contribution in [0.1, 0.15) is 35.4 Å². The van der Waals surface area contributed by atoms with Gasteiger partial charge in [-0.2, -0.15) is 4.99 Å². The van der Waals surface area contributed by atoms with E-state index in [0.29, 0.717) is 60.0 Å². The van der Waals surface area contributed by atoms with Gasteiger partial charge in [-0.1, -0.05) is 72.3 Å². The summed E-state index contributed by atoms with van der Waals surface area (Å²) in [5, 5.41) is 19.4. The third-order valence-corrected chi connectivity index (χ3v) is 8.43. The van der Waals surface area contributed by atoms with E-state index in [2.05, 4.69) is 25.5 Å². The van der Waals surface area contributed by atoms with Gasteiger partial charge in [-0.3, -0.25) is 5.32 Å². The summed E-state index contributed by atoms with van der Waals surface area (Å²) in [6, 6.07) is 25.1. The molecule has 45 heavy (non-hydrogen) atoms. The summed E-state index contributed by atoms with van der Waals surface area (Å²) >= 11 is 12.0. The van der Waals surface area contributed by atoms with E-state index in [-0.39, 0.29) is 11.0 Å². The molecule has 1 fully saturated rings. The number of aromatic nitrogens is 2. The molecule has 0 aliphatic carbocycles. The molecule has 5 rings (SSSR count). The van der Waals surface area contributed by atoms with Gasteiger partial charge in [0.2, 0.25) is 17.0 Å². The van der Waals surface area contributed by atoms with Gasteiger partial charge in [0.05, 0.1) is 24.9 Å². The minimum absolute atomic E-state index is 0.0341. The third kappa shape index (κ3) is 7.36. The summed E-state index contributed by atoms with van der Waals surface area (Å²) in [4.78, 5) is 16.0. The van der Waals surface area contributed by atoms with Crippen molar-refractivity contribution in [2.45, 2.75) is 32.3 Å². The number of halogens is 1. The highest BCUT2D eigenvalue weighted by Gasteiger charge is 2.42. The lowest BCUT2D eigenvalue weighted by molar-refractivity contribution is -0.00653. The molecular formula is C34H37ClN6O3S. The van der Waals surface area contributed by atoms with Crippen molar-refractivity contribution in [1.82, 2.24) is 14.9 Å². The van der Waals surface area contributed by atoms with E-state index < -0.39 is 5.60 Å². The molecule has 0 atom stereocenters. The molecule has 11 heteroatoms. The number of ether oxygens (including phenoxy) is 2. The van der Waals surface area contributed by atoms with Crippen molar-refractivity contribution < 1.29 is 14.6 Å². The first-order chi connectivity index (χ1) is 21.7. The lowest BCUT2D eigenvalue weighted by Gasteiger charge is -2.43. The summed E-state index contributed by atoms with van der Waals surface area (Å²) in [6.07, 6.45) is 1.41. The normalized spacial score (nSPS) is 14.2. The van der Waals surface area contributed by atoms with Crippen LogP contribution < -0.4 is 20.1 Å². The number of likely N-dealkylation sites (tertiary alicyclic amines) is 1. The smallest absolute Gasteiger partial charge is 0.229 e. The molecule has 0 bridgehead atoms. The number of rotatable bonds is 7. The standard InChI is InChI=1S/C34H37ClN6O3S/c1-22-19-23(2)37-31(36-22)39-32(40-33(45)38-28-21-29(43-3)27(35)20-30(28)44-4)41-17-15-26(16-18-41)34(42,24-11-7-5-8-12-24)25-13-9-6-10-14-25/h5-14,19-21,26,42H,15-18H2,1-4H3,(H2,36,37,38,39,40,45). The zero-order valence-corrected chi connectivity index (χ0v) is 27.3. The van der Waals surface area contributed by atoms with Gasteiger partial charge >= 0.3 is 0 Å². The number of thiocarbonyl (C=S) groups is 1. The second kappa shape index (κ2) is 14.2. The largest absolute Gasteiger partial charge is 0.495 e. The Balaban J connectivity index is 1.43. The van der Waals surface area contributed by atoms with Gasteiger partial charge in [0, 0.05) is 36.6 Å². The predicted molar refractivity (Wildman–Crippen MR) is 184 cm³/mol. The van der Waals surface area contributed by atoms with E-state index in [0.717, 1.165) is 22.5 Å². The van der Waals surface area contributed by atoms with Crippen LogP contribution in [0, 0.1) is 19.8 Å². The highest BCUT2D eigenvalue weighted by Crippen LogP contribution is 2.42. The van der Waals surface area contributed by atoms with E-state index in [9.17, 15) is 5.11 Å². The van der Waals surface area contributed by atoms with E-state index in [1.807, 2.05) is 80.6 Å². The number of anilines is 2. The first-order valence-electron chi connectivity index (χ1n) is 14.7. The zero-order chi connectivity index (χ0) is 32.0. The molecule has 0 radical (unpaired) electrons. The highest BCUT2D eigenvalue weighted by atomic mass is 35.5. The molecule has 2 heterocycles. The van der Waals surface area contributed by atoms with Gasteiger partial charge in [-0.05, 0) is 62.0 Å². The van der Waals surface area contributed by atoms with Gasteiger partial charge in [-0.15, -0.1) is 0 Å². The minimum atomic E-state index is -1.14. The third-order valence-electron chi connectivity index (χ3n) is 7.94. The van der Waals surface area contributed by atoms with Crippen LogP contribution in [0.3, 0.4) is 0 Å². The fourth-order valence-corrected chi connectivity index (χ4v) is 6.22. The van der Waals surface area contributed by atoms with Crippen LogP contribution in [0.5, 0.6) is 11.5 Å². The van der Waals surface area contributed by atoms with Gasteiger partial charge in [-0.25, -0.2) is 9.97 Å². The molecule has 1 aromatic heterocycles. The molecule has 1 aliphatic heterocycles. The van der Waals surface area contributed by atoms with Crippen molar-refractivity contribution in [1.29, 1.82) is 0 Å². The van der Waals surface area contributed by atoms with Gasteiger partial charge in [0.25, 0.3) is 0 Å². The van der Waals surface area contributed by atoms with Crippen molar-refractivity contribution in [3.8, 4) is 11.5 Å². The Morgan fingerprint density at radius 2 is 1.44 bits per heavy atom. The van der Waals surface area contributed by atoms with Crippen molar-refractivity contribution in [2.24, 2.45) is 10.9 Å². The fourth-order valence-electron chi connectivity index (χ4n) is 5.79. The lowest BCUT2D eigenvalue weighted by Crippen LogP contribution is -2.48. The Bertz CT molecular complexity index is 1600. The van der Waals surface area contributed by atoms with Gasteiger partial charge in [0.1, 0.15) is 17.1 Å². The Labute approximate surface area is 274 Å². The number of aliphatic hydroxyl groups is 1. The maximum absolute atomic E-state index is 12.4. The second-order valence-corrected chi connectivity index (χ2v) is 11.7. The van der Waals surface area contributed by atoms with Crippen LogP contribution in [-0.4, -0.2) is 58.4 Å². The SMILES string of the molecule is COc1cc(NC(=S)/N=C(/Nc2nc(C)cc(C)n2)N2CCC(C(O)(c3ccccc3)c3ccccc3)CC2)c(OC)cc1Cl. The van der Waals surface area contributed by atoms with E-state index in [1.54, 1.807) is 26.4 Å². The number of aryl methyl sites for hydroxylation is 2. The molecule has 0 unspecified atom stereocenters. The molecule has 9 nitrogen and oxygen atoms in total. The number of nitrogens with zero attached hydrogens (tertiary/aromatic N) is 4. The first kappa shape index (κ1) is 32.2. The highest BCUT2D eigenvalue weighted by molar-refractivity contribution is 7.80. The number of benzene rings is 3. The summed E-state index contributed by atoms with van der Waals surface area (Å²) in [5.74, 6) is 1.85. The minimum Gasteiger partial charge on any atom is -0.495 e. The molecular weight excluding hydrogens is 608 g/mol. The van der Waals surface area contributed by atoms with Crippen LogP contribution in [0.2, 0.25) is 5.02 Å². The molecule has 0 spiro atoms. The van der Waals surface area contributed by atoms with E-state index in [1.165, 1.54) is 0 Å². The maximum atomic E-state index is 12.4. The summed E-state index contributed by atoms with van der Waals surface area (Å²) < 4.78 is 10.9. The molecule has 4 aromatic rings. The predicted octanol–water partition coefficient (Wildman–Crippen LogP) is 6.58. The quantitative estimate of drug-likeness (QED) is 0.117. The van der Waals surface area contributed by atoms with Crippen LogP contribution in [-0.2, 0) is 5.60 Å². The van der Waals surface area contributed by atoms with Gasteiger partial charge in [0.15, 0.2) is 0 Å². The van der Waals surface area contributed by atoms with E-state index in [4.69, 9.17) is 38.3 Å². The lowest BCUT2D eigenvalue weighted by atomic mass is 9.72. The van der Waals surface area contributed by atoms with Gasteiger partial charge < -0.3 is 24.8 Å². The number of hydrogen-bond acceptors (Lipinski definition) is 6. The number of nitrogens with one attached hydrogen (secondary N) is 2. The first-order valence-corrected chi connectivity index (χ1v) is 15.5. The number of methoxy groups -OCH3 is 2. The Morgan fingerprint density at radius 1 is 0.889 bits per heavy atom.